The lowest BCUT2D eigenvalue weighted by Crippen LogP contribution is -2.30. The van der Waals surface area contributed by atoms with Crippen LogP contribution in [-0.4, -0.2) is 35.7 Å². The highest BCUT2D eigenvalue weighted by Crippen LogP contribution is 2.15. The van der Waals surface area contributed by atoms with E-state index in [-0.39, 0.29) is 18.7 Å². The number of ether oxygens (including phenoxy) is 1. The summed E-state index contributed by atoms with van der Waals surface area (Å²) in [6, 6.07) is 0. The van der Waals surface area contributed by atoms with Crippen LogP contribution >= 0.6 is 0 Å². The van der Waals surface area contributed by atoms with Gasteiger partial charge in [0.25, 0.3) is 0 Å². The van der Waals surface area contributed by atoms with E-state index in [4.69, 9.17) is 4.74 Å². The molecule has 0 aliphatic heterocycles. The van der Waals surface area contributed by atoms with Gasteiger partial charge in [-0.3, -0.25) is 9.59 Å². The van der Waals surface area contributed by atoms with Crippen LogP contribution in [0.2, 0.25) is 0 Å². The van der Waals surface area contributed by atoms with E-state index in [1.807, 2.05) is 6.92 Å². The number of carbonyl (C=O) groups is 2. The topological polar surface area (TPSA) is 75.6 Å². The van der Waals surface area contributed by atoms with Crippen molar-refractivity contribution >= 4 is 11.9 Å². The zero-order chi connectivity index (χ0) is 12.8. The fourth-order valence-electron chi connectivity index (χ4n) is 1.00. The molecule has 0 rings (SSSR count). The summed E-state index contributed by atoms with van der Waals surface area (Å²) in [4.78, 5) is 22.3. The van der Waals surface area contributed by atoms with Crippen molar-refractivity contribution in [2.75, 3.05) is 7.05 Å². The van der Waals surface area contributed by atoms with Crippen LogP contribution in [0.5, 0.6) is 0 Å². The highest BCUT2D eigenvalue weighted by atomic mass is 16.6. The normalized spacial score (nSPS) is 13.1. The number of rotatable bonds is 6. The van der Waals surface area contributed by atoms with Crippen LogP contribution in [0.25, 0.3) is 0 Å². The maximum Gasteiger partial charge on any atom is 0.308 e. The Kier molecular flexibility index (Phi) is 6.03. The lowest BCUT2D eigenvalue weighted by Gasteiger charge is -2.23. The molecule has 2 N–H and O–H groups in total. The van der Waals surface area contributed by atoms with Crippen molar-refractivity contribution < 1.29 is 19.4 Å². The summed E-state index contributed by atoms with van der Waals surface area (Å²) in [5.41, 5.74) is -0.524. The van der Waals surface area contributed by atoms with Gasteiger partial charge in [0.1, 0.15) is 5.60 Å². The van der Waals surface area contributed by atoms with Crippen LogP contribution in [0.3, 0.4) is 0 Å². The first-order chi connectivity index (χ1) is 7.30. The third-order valence-electron chi connectivity index (χ3n) is 2.34. The number of amides is 1. The number of aliphatic hydroxyl groups excluding tert-OH is 1. The molecule has 0 aliphatic carbocycles. The molecule has 0 aromatic heterocycles. The third kappa shape index (κ3) is 6.40. The van der Waals surface area contributed by atoms with Gasteiger partial charge in [0.2, 0.25) is 5.91 Å². The Morgan fingerprint density at radius 2 is 1.94 bits per heavy atom. The Morgan fingerprint density at radius 3 is 2.38 bits per heavy atom. The fraction of sp³-hybridized carbons (Fsp3) is 0.818. The Hall–Kier alpha value is -1.10. The smallest absolute Gasteiger partial charge is 0.308 e. The van der Waals surface area contributed by atoms with E-state index < -0.39 is 17.7 Å². The summed E-state index contributed by atoms with van der Waals surface area (Å²) >= 11 is 0. The van der Waals surface area contributed by atoms with Crippen molar-refractivity contribution in [2.45, 2.75) is 51.7 Å². The monoisotopic (exact) mass is 231 g/mol. The number of carbonyl (C=O) groups excluding carboxylic acids is 2. The van der Waals surface area contributed by atoms with Crippen LogP contribution < -0.4 is 5.32 Å². The van der Waals surface area contributed by atoms with E-state index in [9.17, 15) is 14.7 Å². The molecule has 16 heavy (non-hydrogen) atoms. The summed E-state index contributed by atoms with van der Waals surface area (Å²) in [6.45, 7) is 5.51. The average molecular weight is 231 g/mol. The van der Waals surface area contributed by atoms with Gasteiger partial charge in [-0.2, -0.15) is 0 Å². The molecule has 0 heterocycles. The minimum atomic E-state index is -0.986. The first kappa shape index (κ1) is 14.9. The minimum absolute atomic E-state index is 0.0852. The second-order valence-corrected chi connectivity index (χ2v) is 4.32. The Morgan fingerprint density at radius 1 is 1.38 bits per heavy atom. The largest absolute Gasteiger partial charge is 0.460 e. The molecule has 0 radical (unpaired) electrons. The summed E-state index contributed by atoms with van der Waals surface area (Å²) in [6.07, 6.45) is -0.528. The maximum absolute atomic E-state index is 11.4. The van der Waals surface area contributed by atoms with Crippen LogP contribution in [-0.2, 0) is 14.3 Å². The number of aliphatic hydroxyl groups is 1. The second-order valence-electron chi connectivity index (χ2n) is 4.32. The van der Waals surface area contributed by atoms with Gasteiger partial charge in [-0.25, -0.2) is 0 Å². The first-order valence-electron chi connectivity index (χ1n) is 5.41. The zero-order valence-corrected chi connectivity index (χ0v) is 10.4. The van der Waals surface area contributed by atoms with E-state index >= 15 is 0 Å². The SMILES string of the molecule is CCC(C)(C)OC(=O)CC(O)CC(=O)NC. The first-order valence-corrected chi connectivity index (χ1v) is 5.41. The van der Waals surface area contributed by atoms with E-state index in [0.29, 0.717) is 6.42 Å². The van der Waals surface area contributed by atoms with Crippen LogP contribution in [0, 0.1) is 0 Å². The lowest BCUT2D eigenvalue weighted by molar-refractivity contribution is -0.159. The van der Waals surface area contributed by atoms with E-state index in [0.717, 1.165) is 0 Å². The van der Waals surface area contributed by atoms with Gasteiger partial charge in [0.15, 0.2) is 0 Å². The molecule has 5 nitrogen and oxygen atoms in total. The minimum Gasteiger partial charge on any atom is -0.460 e. The van der Waals surface area contributed by atoms with Crippen molar-refractivity contribution in [3.8, 4) is 0 Å². The Balaban J connectivity index is 4.01. The predicted octanol–water partition coefficient (Wildman–Crippen LogP) is 0.605. The molecule has 0 bridgehead atoms. The summed E-state index contributed by atoms with van der Waals surface area (Å²) in [7, 11) is 1.48. The Labute approximate surface area is 96.2 Å². The maximum atomic E-state index is 11.4. The van der Waals surface area contributed by atoms with Gasteiger partial charge >= 0.3 is 5.97 Å². The summed E-state index contributed by atoms with van der Waals surface area (Å²) < 4.78 is 5.14. The van der Waals surface area contributed by atoms with Crippen LogP contribution in [0.1, 0.15) is 40.0 Å². The molecule has 0 saturated heterocycles. The fourth-order valence-corrected chi connectivity index (χ4v) is 1.00. The van der Waals surface area contributed by atoms with E-state index in [1.165, 1.54) is 7.05 Å². The standard InChI is InChI=1S/C11H21NO4/c1-5-11(2,3)16-10(15)7-8(13)6-9(14)12-4/h8,13H,5-7H2,1-4H3,(H,12,14). The van der Waals surface area contributed by atoms with Crippen molar-refractivity contribution in [1.82, 2.24) is 5.32 Å². The molecular formula is C11H21NO4. The van der Waals surface area contributed by atoms with Gasteiger partial charge in [-0.05, 0) is 20.3 Å². The highest BCUT2D eigenvalue weighted by Gasteiger charge is 2.22. The van der Waals surface area contributed by atoms with E-state index in [1.54, 1.807) is 13.8 Å². The highest BCUT2D eigenvalue weighted by molar-refractivity contribution is 5.77. The third-order valence-corrected chi connectivity index (χ3v) is 2.34. The molecule has 0 aliphatic rings. The van der Waals surface area contributed by atoms with Crippen molar-refractivity contribution in [3.63, 3.8) is 0 Å². The molecule has 1 unspecified atom stereocenters. The number of esters is 1. The molecule has 0 aromatic rings. The molecule has 0 saturated carbocycles. The summed E-state index contributed by atoms with van der Waals surface area (Å²) in [5.74, 6) is -0.779. The average Bonchev–Trinajstić information content (AvgIpc) is 2.16. The predicted molar refractivity (Wildman–Crippen MR) is 59.8 cm³/mol. The van der Waals surface area contributed by atoms with Crippen LogP contribution in [0.4, 0.5) is 0 Å². The lowest BCUT2D eigenvalue weighted by atomic mass is 10.1. The number of hydrogen-bond acceptors (Lipinski definition) is 4. The van der Waals surface area contributed by atoms with Crippen molar-refractivity contribution in [1.29, 1.82) is 0 Å². The molecule has 1 amide bonds. The molecule has 0 fully saturated rings. The molecular weight excluding hydrogens is 210 g/mol. The van der Waals surface area contributed by atoms with E-state index in [2.05, 4.69) is 5.32 Å². The van der Waals surface area contributed by atoms with Gasteiger partial charge in [0, 0.05) is 7.05 Å². The number of hydrogen-bond donors (Lipinski definition) is 2. The quantitative estimate of drug-likeness (QED) is 0.657. The summed E-state index contributed by atoms with van der Waals surface area (Å²) in [5, 5.41) is 11.8. The van der Waals surface area contributed by atoms with Crippen molar-refractivity contribution in [2.24, 2.45) is 0 Å². The molecule has 0 spiro atoms. The molecule has 5 heteroatoms. The van der Waals surface area contributed by atoms with Gasteiger partial charge in [0.05, 0.1) is 18.9 Å². The molecule has 94 valence electrons. The van der Waals surface area contributed by atoms with Crippen LogP contribution in [0.15, 0.2) is 0 Å². The van der Waals surface area contributed by atoms with Gasteiger partial charge in [-0.1, -0.05) is 6.92 Å². The second kappa shape index (κ2) is 6.48. The molecule has 0 aromatic carbocycles. The zero-order valence-electron chi connectivity index (χ0n) is 10.4. The van der Waals surface area contributed by atoms with Gasteiger partial charge < -0.3 is 15.2 Å². The van der Waals surface area contributed by atoms with Gasteiger partial charge in [-0.15, -0.1) is 0 Å². The Bertz CT molecular complexity index is 250. The van der Waals surface area contributed by atoms with Crippen molar-refractivity contribution in [3.05, 3.63) is 0 Å². The number of nitrogens with one attached hydrogen (secondary N) is 1. The molecule has 1 atom stereocenters.